The quantitative estimate of drug-likeness (QED) is 0.375. The first-order valence-corrected chi connectivity index (χ1v) is 9.87. The molecule has 3 atom stereocenters. The maximum absolute atomic E-state index is 12.0. The summed E-state index contributed by atoms with van der Waals surface area (Å²) in [4.78, 5) is 24.7. The van der Waals surface area contributed by atoms with Gasteiger partial charge >= 0.3 is 0 Å². The number of carbonyl (C=O) groups is 1. The molecular formula is C19H33IN6O2. The molecule has 158 valence electrons. The van der Waals surface area contributed by atoms with Crippen molar-refractivity contribution in [2.24, 2.45) is 10.9 Å². The van der Waals surface area contributed by atoms with Gasteiger partial charge in [-0.3, -0.25) is 4.79 Å². The fourth-order valence-electron chi connectivity index (χ4n) is 3.66. The van der Waals surface area contributed by atoms with Gasteiger partial charge in [-0.1, -0.05) is 6.92 Å². The molecule has 0 spiro atoms. The van der Waals surface area contributed by atoms with Crippen molar-refractivity contribution in [3.63, 3.8) is 0 Å². The molecule has 3 rings (SSSR count). The van der Waals surface area contributed by atoms with E-state index in [-0.39, 0.29) is 42.5 Å². The van der Waals surface area contributed by atoms with E-state index in [1.807, 2.05) is 18.7 Å². The average molecular weight is 504 g/mol. The number of hydrogen-bond donors (Lipinski definition) is 1. The Morgan fingerprint density at radius 2 is 2.21 bits per heavy atom. The van der Waals surface area contributed by atoms with E-state index < -0.39 is 0 Å². The van der Waals surface area contributed by atoms with Crippen molar-refractivity contribution in [3.8, 4) is 0 Å². The van der Waals surface area contributed by atoms with Crippen LogP contribution in [0.4, 0.5) is 0 Å². The number of likely N-dealkylation sites (N-methyl/N-ethyl adjacent to an activating group) is 1. The van der Waals surface area contributed by atoms with Crippen LogP contribution in [0.25, 0.3) is 0 Å². The monoisotopic (exact) mass is 504 g/mol. The summed E-state index contributed by atoms with van der Waals surface area (Å²) in [6, 6.07) is 0.348. The second-order valence-corrected chi connectivity index (χ2v) is 7.73. The summed E-state index contributed by atoms with van der Waals surface area (Å²) < 4.78 is 7.91. The average Bonchev–Trinajstić information content (AvgIpc) is 3.36. The summed E-state index contributed by atoms with van der Waals surface area (Å²) in [5.41, 5.74) is 0. The predicted octanol–water partition coefficient (Wildman–Crippen LogP) is 1.60. The lowest BCUT2D eigenvalue weighted by atomic mass is 9.93. The highest BCUT2D eigenvalue weighted by Crippen LogP contribution is 2.27. The zero-order valence-electron chi connectivity index (χ0n) is 17.1. The van der Waals surface area contributed by atoms with E-state index in [2.05, 4.69) is 31.7 Å². The summed E-state index contributed by atoms with van der Waals surface area (Å²) in [5.74, 6) is 1.37. The van der Waals surface area contributed by atoms with Crippen LogP contribution in [0.2, 0.25) is 0 Å². The van der Waals surface area contributed by atoms with Gasteiger partial charge in [-0.05, 0) is 25.2 Å². The van der Waals surface area contributed by atoms with Gasteiger partial charge in [-0.15, -0.1) is 24.0 Å². The Hall–Kier alpha value is -1.36. The summed E-state index contributed by atoms with van der Waals surface area (Å²) in [6.45, 7) is 5.79. The highest BCUT2D eigenvalue weighted by Gasteiger charge is 2.29. The molecule has 0 radical (unpaired) electrons. The van der Waals surface area contributed by atoms with Gasteiger partial charge in [-0.2, -0.15) is 0 Å². The summed E-state index contributed by atoms with van der Waals surface area (Å²) >= 11 is 0. The maximum atomic E-state index is 12.0. The summed E-state index contributed by atoms with van der Waals surface area (Å²) in [6.07, 6.45) is 9.23. The molecule has 9 heteroatoms. The molecule has 28 heavy (non-hydrogen) atoms. The van der Waals surface area contributed by atoms with E-state index in [1.54, 1.807) is 19.0 Å². The third kappa shape index (κ3) is 6.07. The molecule has 8 nitrogen and oxygen atoms in total. The second-order valence-electron chi connectivity index (χ2n) is 7.73. The lowest BCUT2D eigenvalue weighted by molar-refractivity contribution is -0.127. The maximum Gasteiger partial charge on any atom is 0.243 e. The Kier molecular flexibility index (Phi) is 9.00. The number of amides is 1. The molecule has 1 aromatic rings. The van der Waals surface area contributed by atoms with Crippen LogP contribution in [0.15, 0.2) is 23.7 Å². The highest BCUT2D eigenvalue weighted by atomic mass is 127. The lowest BCUT2D eigenvalue weighted by Gasteiger charge is -2.39. The zero-order chi connectivity index (χ0) is 19.2. The molecule has 1 aromatic heterocycles. The minimum Gasteiger partial charge on any atom is -0.376 e. The van der Waals surface area contributed by atoms with Gasteiger partial charge < -0.3 is 24.4 Å². The summed E-state index contributed by atoms with van der Waals surface area (Å²) in [5, 5.41) is 3.46. The van der Waals surface area contributed by atoms with Crippen molar-refractivity contribution >= 4 is 35.8 Å². The van der Waals surface area contributed by atoms with Gasteiger partial charge in [0.05, 0.1) is 18.5 Å². The fourth-order valence-corrected chi connectivity index (χ4v) is 3.66. The van der Waals surface area contributed by atoms with Crippen LogP contribution in [-0.2, 0) is 9.53 Å². The van der Waals surface area contributed by atoms with Crippen LogP contribution in [0, 0.1) is 5.92 Å². The number of nitrogens with one attached hydrogen (secondary N) is 1. The van der Waals surface area contributed by atoms with Crippen LogP contribution in [0.5, 0.6) is 0 Å². The summed E-state index contributed by atoms with van der Waals surface area (Å²) in [7, 11) is 3.52. The zero-order valence-corrected chi connectivity index (χ0v) is 19.4. The number of aliphatic imine (C=N–C) groups is 1. The van der Waals surface area contributed by atoms with E-state index in [9.17, 15) is 4.79 Å². The normalized spacial score (nSPS) is 25.3. The van der Waals surface area contributed by atoms with Gasteiger partial charge in [0.15, 0.2) is 5.96 Å². The Morgan fingerprint density at radius 1 is 1.39 bits per heavy atom. The number of hydrogen-bond acceptors (Lipinski definition) is 4. The Labute approximate surface area is 184 Å². The third-order valence-corrected chi connectivity index (χ3v) is 5.50. The van der Waals surface area contributed by atoms with Gasteiger partial charge in [0.25, 0.3) is 0 Å². The first-order chi connectivity index (χ1) is 13.0. The Balaban J connectivity index is 0.00000280. The molecule has 2 saturated heterocycles. The number of likely N-dealkylation sites (tertiary alicyclic amines) is 1. The number of ether oxygens (including phenoxy) is 1. The van der Waals surface area contributed by atoms with Crippen LogP contribution in [0.1, 0.15) is 32.2 Å². The number of rotatable bonds is 5. The SMILES string of the molecule is CC1CCN(C(=NCC(=O)N(C)C)NCC2CCCO2)CC1n1ccnc1.I. The Morgan fingerprint density at radius 3 is 2.86 bits per heavy atom. The molecule has 0 aliphatic carbocycles. The van der Waals surface area contributed by atoms with E-state index in [1.165, 1.54) is 0 Å². The van der Waals surface area contributed by atoms with E-state index in [0.717, 1.165) is 51.5 Å². The minimum absolute atomic E-state index is 0. The fraction of sp³-hybridized carbons (Fsp3) is 0.737. The van der Waals surface area contributed by atoms with Gasteiger partial charge in [0.1, 0.15) is 6.54 Å². The molecule has 2 fully saturated rings. The third-order valence-electron chi connectivity index (χ3n) is 5.50. The number of nitrogens with zero attached hydrogens (tertiary/aromatic N) is 5. The molecule has 3 unspecified atom stereocenters. The first kappa shape index (κ1) is 22.9. The number of aromatic nitrogens is 2. The highest BCUT2D eigenvalue weighted by molar-refractivity contribution is 14.0. The molecule has 0 saturated carbocycles. The second kappa shape index (κ2) is 11.0. The van der Waals surface area contributed by atoms with Crippen molar-refractivity contribution in [1.29, 1.82) is 0 Å². The van der Waals surface area contributed by atoms with E-state index in [4.69, 9.17) is 4.74 Å². The number of piperidine rings is 1. The number of imidazole rings is 1. The van der Waals surface area contributed by atoms with E-state index in [0.29, 0.717) is 12.0 Å². The molecule has 1 N–H and O–H groups in total. The molecule has 2 aliphatic rings. The van der Waals surface area contributed by atoms with E-state index >= 15 is 0 Å². The topological polar surface area (TPSA) is 75.0 Å². The van der Waals surface area contributed by atoms with Crippen LogP contribution < -0.4 is 5.32 Å². The van der Waals surface area contributed by atoms with Crippen molar-refractivity contribution in [1.82, 2.24) is 24.7 Å². The van der Waals surface area contributed by atoms with Crippen LogP contribution >= 0.6 is 24.0 Å². The molecule has 2 aliphatic heterocycles. The molecular weight excluding hydrogens is 471 g/mol. The van der Waals surface area contributed by atoms with Crippen LogP contribution in [0.3, 0.4) is 0 Å². The van der Waals surface area contributed by atoms with Crippen molar-refractivity contribution in [2.75, 3.05) is 46.9 Å². The van der Waals surface area contributed by atoms with Crippen molar-refractivity contribution in [2.45, 2.75) is 38.3 Å². The standard InChI is InChI=1S/C19H32N6O2.HI/c1-15-6-8-24(13-17(15)25-9-7-20-14-25)19(22-12-18(26)23(2)3)21-11-16-5-4-10-27-16;/h7,9,14-17H,4-6,8,10-13H2,1-3H3,(H,21,22);1H. The van der Waals surface area contributed by atoms with Gasteiger partial charge in [-0.25, -0.2) is 9.98 Å². The van der Waals surface area contributed by atoms with Crippen molar-refractivity contribution < 1.29 is 9.53 Å². The molecule has 1 amide bonds. The largest absolute Gasteiger partial charge is 0.376 e. The molecule has 3 heterocycles. The first-order valence-electron chi connectivity index (χ1n) is 9.87. The Bertz CT molecular complexity index is 630. The van der Waals surface area contributed by atoms with Crippen LogP contribution in [-0.4, -0.2) is 84.2 Å². The number of guanidine groups is 1. The van der Waals surface area contributed by atoms with Crippen molar-refractivity contribution in [3.05, 3.63) is 18.7 Å². The lowest BCUT2D eigenvalue weighted by Crippen LogP contribution is -2.50. The predicted molar refractivity (Wildman–Crippen MR) is 120 cm³/mol. The molecule has 0 aromatic carbocycles. The number of halogens is 1. The molecule has 0 bridgehead atoms. The smallest absolute Gasteiger partial charge is 0.243 e. The minimum atomic E-state index is 0. The van der Waals surface area contributed by atoms with Gasteiger partial charge in [0.2, 0.25) is 5.91 Å². The van der Waals surface area contributed by atoms with Gasteiger partial charge in [0, 0.05) is 52.7 Å². The number of carbonyl (C=O) groups excluding carboxylic acids is 1.